The number of alkyl halides is 3. The fraction of sp³-hybridized carbons (Fsp3) is 0.182. The molecule has 1 N–H and O–H groups in total. The van der Waals surface area contributed by atoms with Gasteiger partial charge in [-0.05, 0) is 13.0 Å². The van der Waals surface area contributed by atoms with E-state index in [4.69, 9.17) is 0 Å². The maximum Gasteiger partial charge on any atom is 0.418 e. The largest absolute Gasteiger partial charge is 0.418 e. The monoisotopic (exact) mass is 227 g/mol. The highest BCUT2D eigenvalue weighted by atomic mass is 19.4. The smallest absolute Gasteiger partial charge is 0.328 e. The van der Waals surface area contributed by atoms with Crippen LogP contribution < -0.4 is 5.56 Å². The number of aromatic amines is 1. The van der Waals surface area contributed by atoms with Crippen molar-refractivity contribution < 1.29 is 13.2 Å². The predicted molar refractivity (Wildman–Crippen MR) is 54.3 cm³/mol. The zero-order chi connectivity index (χ0) is 11.9. The maximum absolute atomic E-state index is 12.7. The van der Waals surface area contributed by atoms with Crippen LogP contribution in [0.1, 0.15) is 11.1 Å². The van der Waals surface area contributed by atoms with Gasteiger partial charge in [-0.15, -0.1) is 0 Å². The van der Waals surface area contributed by atoms with Crippen molar-refractivity contribution in [1.29, 1.82) is 0 Å². The number of rotatable bonds is 0. The number of pyridine rings is 1. The second-order valence-electron chi connectivity index (χ2n) is 3.58. The molecule has 0 atom stereocenters. The van der Waals surface area contributed by atoms with Crippen LogP contribution in [-0.4, -0.2) is 4.98 Å². The molecule has 1 aromatic carbocycles. The quantitative estimate of drug-likeness (QED) is 0.737. The van der Waals surface area contributed by atoms with E-state index >= 15 is 0 Å². The molecule has 0 amide bonds. The molecule has 0 unspecified atom stereocenters. The number of aromatic nitrogens is 1. The highest BCUT2D eigenvalue weighted by Gasteiger charge is 2.33. The summed E-state index contributed by atoms with van der Waals surface area (Å²) in [6.45, 7) is 1.68. The third kappa shape index (κ3) is 1.68. The van der Waals surface area contributed by atoms with E-state index in [1.807, 2.05) is 0 Å². The molecule has 0 saturated heterocycles. The van der Waals surface area contributed by atoms with Crippen LogP contribution in [0.15, 0.2) is 29.2 Å². The van der Waals surface area contributed by atoms with E-state index in [9.17, 15) is 18.0 Å². The minimum atomic E-state index is -4.46. The van der Waals surface area contributed by atoms with Crippen LogP contribution in [0.4, 0.5) is 13.2 Å². The van der Waals surface area contributed by atoms with E-state index in [1.165, 1.54) is 12.1 Å². The van der Waals surface area contributed by atoms with E-state index in [0.717, 1.165) is 0 Å². The summed E-state index contributed by atoms with van der Waals surface area (Å²) in [6, 6.07) is 4.38. The maximum atomic E-state index is 12.7. The highest BCUT2D eigenvalue weighted by Crippen LogP contribution is 2.33. The molecule has 16 heavy (non-hydrogen) atoms. The molecule has 0 bridgehead atoms. The molecule has 84 valence electrons. The van der Waals surface area contributed by atoms with Gasteiger partial charge in [0, 0.05) is 17.0 Å². The molecule has 0 aliphatic carbocycles. The van der Waals surface area contributed by atoms with E-state index < -0.39 is 17.3 Å². The lowest BCUT2D eigenvalue weighted by Crippen LogP contribution is -2.13. The van der Waals surface area contributed by atoms with Gasteiger partial charge in [0.25, 0.3) is 5.56 Å². The van der Waals surface area contributed by atoms with Crippen molar-refractivity contribution in [1.82, 2.24) is 4.98 Å². The van der Waals surface area contributed by atoms with E-state index in [-0.39, 0.29) is 10.8 Å². The van der Waals surface area contributed by atoms with Crippen molar-refractivity contribution in [2.24, 2.45) is 0 Å². The number of aryl methyl sites for hydroxylation is 1. The Bertz CT molecular complexity index is 598. The van der Waals surface area contributed by atoms with Gasteiger partial charge in [-0.3, -0.25) is 4.79 Å². The lowest BCUT2D eigenvalue weighted by molar-refractivity contribution is -0.136. The number of nitrogens with one attached hydrogen (secondary N) is 1. The normalized spacial score (nSPS) is 12.0. The molecule has 1 aromatic heterocycles. The van der Waals surface area contributed by atoms with Crippen LogP contribution in [0, 0.1) is 6.92 Å². The van der Waals surface area contributed by atoms with Crippen LogP contribution >= 0.6 is 0 Å². The zero-order valence-electron chi connectivity index (χ0n) is 8.35. The van der Waals surface area contributed by atoms with Gasteiger partial charge in [0.1, 0.15) is 0 Å². The molecule has 5 heteroatoms. The Kier molecular flexibility index (Phi) is 2.26. The number of halogens is 3. The second-order valence-corrected chi connectivity index (χ2v) is 3.58. The van der Waals surface area contributed by atoms with Crippen LogP contribution in [-0.2, 0) is 6.18 Å². The Morgan fingerprint density at radius 1 is 1.19 bits per heavy atom. The standard InChI is InChI=1S/C11H8F3NO/c1-6-2-3-7-8(4-6)9(11(12,13)14)5-15-10(7)16/h2-5H,1H3,(H,15,16). The topological polar surface area (TPSA) is 32.9 Å². The molecule has 2 rings (SSSR count). The van der Waals surface area contributed by atoms with Gasteiger partial charge in [0.05, 0.1) is 5.56 Å². The molecule has 0 aliphatic heterocycles. The fourth-order valence-electron chi connectivity index (χ4n) is 1.61. The summed E-state index contributed by atoms with van der Waals surface area (Å²) in [5.74, 6) is 0. The summed E-state index contributed by atoms with van der Waals surface area (Å²) >= 11 is 0. The van der Waals surface area contributed by atoms with Gasteiger partial charge in [-0.1, -0.05) is 17.7 Å². The molecule has 2 nitrogen and oxygen atoms in total. The first-order valence-electron chi connectivity index (χ1n) is 4.59. The van der Waals surface area contributed by atoms with Crippen LogP contribution in [0.25, 0.3) is 10.8 Å². The van der Waals surface area contributed by atoms with Gasteiger partial charge in [-0.2, -0.15) is 13.2 Å². The van der Waals surface area contributed by atoms with Crippen molar-refractivity contribution in [2.75, 3.05) is 0 Å². The minimum Gasteiger partial charge on any atom is -0.328 e. The molecular weight excluding hydrogens is 219 g/mol. The summed E-state index contributed by atoms with van der Waals surface area (Å²) in [4.78, 5) is 13.4. The predicted octanol–water partition coefficient (Wildman–Crippen LogP) is 2.86. The van der Waals surface area contributed by atoms with Gasteiger partial charge in [0.2, 0.25) is 0 Å². The summed E-state index contributed by atoms with van der Waals surface area (Å²) in [6.07, 6.45) is -3.75. The second kappa shape index (κ2) is 3.37. The molecule has 0 aliphatic rings. The first-order valence-corrected chi connectivity index (χ1v) is 4.59. The lowest BCUT2D eigenvalue weighted by atomic mass is 10.0. The lowest BCUT2D eigenvalue weighted by Gasteiger charge is -2.09. The van der Waals surface area contributed by atoms with Gasteiger partial charge in [-0.25, -0.2) is 0 Å². The Morgan fingerprint density at radius 2 is 1.88 bits per heavy atom. The van der Waals surface area contributed by atoms with Crippen molar-refractivity contribution >= 4 is 10.8 Å². The summed E-state index contributed by atoms with van der Waals surface area (Å²) in [5, 5.41) is -0.00308. The summed E-state index contributed by atoms with van der Waals surface area (Å²) < 4.78 is 38.0. The summed E-state index contributed by atoms with van der Waals surface area (Å²) in [5.41, 5.74) is -0.641. The van der Waals surface area contributed by atoms with Gasteiger partial charge in [0.15, 0.2) is 0 Å². The molecule has 0 spiro atoms. The zero-order valence-corrected chi connectivity index (χ0v) is 8.35. The van der Waals surface area contributed by atoms with Crippen LogP contribution in [0.3, 0.4) is 0 Å². The number of H-pyrrole nitrogens is 1. The number of fused-ring (bicyclic) bond motifs is 1. The first kappa shape index (κ1) is 10.7. The highest BCUT2D eigenvalue weighted by molar-refractivity contribution is 5.85. The van der Waals surface area contributed by atoms with E-state index in [2.05, 4.69) is 4.98 Å². The third-order valence-corrected chi connectivity index (χ3v) is 2.36. The molecule has 0 fully saturated rings. The molecule has 0 saturated carbocycles. The number of hydrogen-bond acceptors (Lipinski definition) is 1. The summed E-state index contributed by atoms with van der Waals surface area (Å²) in [7, 11) is 0. The number of hydrogen-bond donors (Lipinski definition) is 1. The Balaban J connectivity index is 2.92. The Hall–Kier alpha value is -1.78. The molecule has 0 radical (unpaired) electrons. The molecule has 2 aromatic rings. The van der Waals surface area contributed by atoms with E-state index in [1.54, 1.807) is 13.0 Å². The first-order chi connectivity index (χ1) is 7.39. The van der Waals surface area contributed by atoms with Crippen molar-refractivity contribution in [3.05, 3.63) is 45.9 Å². The minimum absolute atomic E-state index is 0.0559. The molecular formula is C11H8F3NO. The van der Waals surface area contributed by atoms with E-state index in [0.29, 0.717) is 11.8 Å². The molecule has 1 heterocycles. The van der Waals surface area contributed by atoms with Crippen LogP contribution in [0.2, 0.25) is 0 Å². The third-order valence-electron chi connectivity index (χ3n) is 2.36. The Labute approximate surface area is 88.7 Å². The van der Waals surface area contributed by atoms with Crippen molar-refractivity contribution in [3.63, 3.8) is 0 Å². The van der Waals surface area contributed by atoms with Crippen molar-refractivity contribution in [3.8, 4) is 0 Å². The number of benzene rings is 1. The average molecular weight is 227 g/mol. The van der Waals surface area contributed by atoms with Crippen LogP contribution in [0.5, 0.6) is 0 Å². The Morgan fingerprint density at radius 3 is 2.50 bits per heavy atom. The average Bonchev–Trinajstić information content (AvgIpc) is 2.15. The van der Waals surface area contributed by atoms with Crippen molar-refractivity contribution in [2.45, 2.75) is 13.1 Å². The fourth-order valence-corrected chi connectivity index (χ4v) is 1.61. The SMILES string of the molecule is Cc1ccc2c(=O)[nH]cc(C(F)(F)F)c2c1. The van der Waals surface area contributed by atoms with Gasteiger partial charge >= 0.3 is 6.18 Å². The van der Waals surface area contributed by atoms with Gasteiger partial charge < -0.3 is 4.98 Å².